The van der Waals surface area contributed by atoms with E-state index in [1.54, 1.807) is 29.2 Å². The predicted octanol–water partition coefficient (Wildman–Crippen LogP) is 5.19. The second-order valence-electron chi connectivity index (χ2n) is 8.53. The number of halogens is 1. The highest BCUT2D eigenvalue weighted by Crippen LogP contribution is 2.38. The molecule has 2 heterocycles. The number of carbonyl (C=O) groups is 3. The number of likely N-dealkylation sites (tertiary alicyclic amines) is 1. The van der Waals surface area contributed by atoms with Crippen molar-refractivity contribution < 1.29 is 23.9 Å². The molecule has 2 aliphatic rings. The van der Waals surface area contributed by atoms with Gasteiger partial charge < -0.3 is 14.4 Å². The zero-order chi connectivity index (χ0) is 26.4. The topological polar surface area (TPSA) is 99.9 Å². The number of benzene rings is 2. The number of amides is 3. The number of hydrogen-bond donors (Lipinski definition) is 0. The standard InChI is InChI=1S/C27H26IN3O5S/c1-2-35-22-13-18(12-21(28)25(22)36-17-20-9-5-4-8-19(20)15-29)14-23-26(33)31(27(34)37-23)16-24(32)30-10-6-3-7-11-30/h4-5,8-9,12-14H,2-3,6-7,10-11,16-17H2,1H3/b23-14-. The molecule has 10 heteroatoms. The van der Waals surface area contributed by atoms with Crippen molar-refractivity contribution in [2.24, 2.45) is 0 Å². The van der Waals surface area contributed by atoms with Crippen LogP contribution in [0, 0.1) is 14.9 Å². The maximum Gasteiger partial charge on any atom is 0.294 e. The Bertz CT molecular complexity index is 1280. The van der Waals surface area contributed by atoms with Crippen LogP contribution in [0.25, 0.3) is 6.08 Å². The minimum atomic E-state index is -0.471. The van der Waals surface area contributed by atoms with Crippen LogP contribution in [0.15, 0.2) is 41.3 Å². The second kappa shape index (κ2) is 12.5. The molecular weight excluding hydrogens is 605 g/mol. The van der Waals surface area contributed by atoms with Gasteiger partial charge in [-0.3, -0.25) is 19.3 Å². The summed E-state index contributed by atoms with van der Waals surface area (Å²) in [6.07, 6.45) is 4.61. The number of carbonyl (C=O) groups excluding carboxylic acids is 3. The van der Waals surface area contributed by atoms with Gasteiger partial charge in [0.1, 0.15) is 13.2 Å². The molecule has 2 aromatic carbocycles. The zero-order valence-electron chi connectivity index (χ0n) is 20.4. The van der Waals surface area contributed by atoms with Crippen LogP contribution in [0.4, 0.5) is 4.79 Å². The molecule has 2 saturated heterocycles. The normalized spacial score (nSPS) is 16.7. The van der Waals surface area contributed by atoms with Gasteiger partial charge in [-0.1, -0.05) is 18.2 Å². The van der Waals surface area contributed by atoms with Crippen molar-refractivity contribution in [1.29, 1.82) is 5.26 Å². The third kappa shape index (κ3) is 6.45. The van der Waals surface area contributed by atoms with E-state index in [0.717, 1.165) is 45.1 Å². The van der Waals surface area contributed by atoms with E-state index >= 15 is 0 Å². The quantitative estimate of drug-likeness (QED) is 0.292. The van der Waals surface area contributed by atoms with E-state index < -0.39 is 11.1 Å². The number of nitriles is 1. The van der Waals surface area contributed by atoms with Crippen LogP contribution in [0.2, 0.25) is 0 Å². The van der Waals surface area contributed by atoms with Crippen molar-refractivity contribution in [2.45, 2.75) is 32.8 Å². The average molecular weight is 631 g/mol. The minimum Gasteiger partial charge on any atom is -0.490 e. The highest BCUT2D eigenvalue weighted by molar-refractivity contribution is 14.1. The highest BCUT2D eigenvalue weighted by Gasteiger charge is 2.37. The molecular formula is C27H26IN3O5S. The minimum absolute atomic E-state index is 0.198. The lowest BCUT2D eigenvalue weighted by molar-refractivity contribution is -0.136. The van der Waals surface area contributed by atoms with E-state index in [1.807, 2.05) is 25.1 Å². The molecule has 2 aromatic rings. The first-order valence-corrected chi connectivity index (χ1v) is 13.9. The van der Waals surface area contributed by atoms with Gasteiger partial charge in [-0.05, 0) is 90.4 Å². The van der Waals surface area contributed by atoms with E-state index in [0.29, 0.717) is 42.3 Å². The van der Waals surface area contributed by atoms with Crippen LogP contribution in [-0.4, -0.2) is 53.1 Å². The van der Waals surface area contributed by atoms with Crippen LogP contribution < -0.4 is 9.47 Å². The Morgan fingerprint density at radius 1 is 1.16 bits per heavy atom. The number of nitrogens with zero attached hydrogens (tertiary/aromatic N) is 3. The molecule has 37 heavy (non-hydrogen) atoms. The van der Waals surface area contributed by atoms with Crippen LogP contribution in [-0.2, 0) is 16.2 Å². The third-order valence-electron chi connectivity index (χ3n) is 6.02. The zero-order valence-corrected chi connectivity index (χ0v) is 23.3. The number of hydrogen-bond acceptors (Lipinski definition) is 7. The molecule has 192 valence electrons. The smallest absolute Gasteiger partial charge is 0.294 e. The Hall–Kier alpha value is -3.04. The molecule has 0 aromatic heterocycles. The van der Waals surface area contributed by atoms with Crippen LogP contribution in [0.5, 0.6) is 11.5 Å². The van der Waals surface area contributed by atoms with Crippen LogP contribution >= 0.6 is 34.4 Å². The van der Waals surface area contributed by atoms with Gasteiger partial charge in [-0.25, -0.2) is 0 Å². The first kappa shape index (κ1) is 27.0. The van der Waals surface area contributed by atoms with E-state index in [2.05, 4.69) is 28.7 Å². The lowest BCUT2D eigenvalue weighted by atomic mass is 10.1. The Kier molecular flexibility index (Phi) is 9.10. The van der Waals surface area contributed by atoms with Crippen molar-refractivity contribution in [3.05, 3.63) is 61.6 Å². The summed E-state index contributed by atoms with van der Waals surface area (Å²) in [5.41, 5.74) is 1.98. The van der Waals surface area contributed by atoms with Crippen molar-refractivity contribution in [2.75, 3.05) is 26.2 Å². The summed E-state index contributed by atoms with van der Waals surface area (Å²) in [6.45, 7) is 3.56. The van der Waals surface area contributed by atoms with Crippen molar-refractivity contribution in [3.63, 3.8) is 0 Å². The molecule has 4 rings (SSSR count). The summed E-state index contributed by atoms with van der Waals surface area (Å²) in [6, 6.07) is 13.0. The van der Waals surface area contributed by atoms with E-state index in [4.69, 9.17) is 9.47 Å². The molecule has 0 spiro atoms. The lowest BCUT2D eigenvalue weighted by Gasteiger charge is -2.27. The third-order valence-corrected chi connectivity index (χ3v) is 7.72. The van der Waals surface area contributed by atoms with E-state index in [1.165, 1.54) is 0 Å². The van der Waals surface area contributed by atoms with Crippen molar-refractivity contribution >= 4 is 57.5 Å². The first-order chi connectivity index (χ1) is 17.9. The van der Waals surface area contributed by atoms with Gasteiger partial charge in [0.25, 0.3) is 11.1 Å². The highest BCUT2D eigenvalue weighted by atomic mass is 127. The van der Waals surface area contributed by atoms with Gasteiger partial charge in [-0.15, -0.1) is 0 Å². The van der Waals surface area contributed by atoms with Crippen LogP contribution in [0.3, 0.4) is 0 Å². The maximum absolute atomic E-state index is 13.0. The molecule has 8 nitrogen and oxygen atoms in total. The fourth-order valence-electron chi connectivity index (χ4n) is 4.15. The molecule has 0 unspecified atom stereocenters. The Labute approximate surface area is 233 Å². The molecule has 0 atom stereocenters. The molecule has 0 aliphatic carbocycles. The molecule has 2 fully saturated rings. The number of thioether (sulfide) groups is 1. The van der Waals surface area contributed by atoms with E-state index in [-0.39, 0.29) is 24.0 Å². The lowest BCUT2D eigenvalue weighted by Crippen LogP contribution is -2.44. The van der Waals surface area contributed by atoms with Gasteiger partial charge in [0.2, 0.25) is 5.91 Å². The summed E-state index contributed by atoms with van der Waals surface area (Å²) in [4.78, 5) is 41.1. The second-order valence-corrected chi connectivity index (χ2v) is 10.7. The number of imide groups is 1. The van der Waals surface area contributed by atoms with Gasteiger partial charge in [0, 0.05) is 18.7 Å². The van der Waals surface area contributed by atoms with Gasteiger partial charge in [-0.2, -0.15) is 5.26 Å². The molecule has 0 bridgehead atoms. The summed E-state index contributed by atoms with van der Waals surface area (Å²) in [7, 11) is 0. The molecule has 2 aliphatic heterocycles. The number of rotatable bonds is 8. The van der Waals surface area contributed by atoms with Gasteiger partial charge in [0.15, 0.2) is 11.5 Å². The largest absolute Gasteiger partial charge is 0.490 e. The fourth-order valence-corrected chi connectivity index (χ4v) is 5.77. The maximum atomic E-state index is 13.0. The van der Waals surface area contributed by atoms with Crippen molar-refractivity contribution in [1.82, 2.24) is 9.80 Å². The first-order valence-electron chi connectivity index (χ1n) is 12.0. The summed E-state index contributed by atoms with van der Waals surface area (Å²) >= 11 is 2.96. The van der Waals surface area contributed by atoms with Gasteiger partial charge >= 0.3 is 0 Å². The van der Waals surface area contributed by atoms with Gasteiger partial charge in [0.05, 0.1) is 26.7 Å². The average Bonchev–Trinajstić information content (AvgIpc) is 3.16. The summed E-state index contributed by atoms with van der Waals surface area (Å²) < 4.78 is 12.6. The predicted molar refractivity (Wildman–Crippen MR) is 149 cm³/mol. The molecule has 0 saturated carbocycles. The molecule has 3 amide bonds. The Balaban J connectivity index is 1.52. The summed E-state index contributed by atoms with van der Waals surface area (Å²) in [5.74, 6) is 0.361. The van der Waals surface area contributed by atoms with E-state index in [9.17, 15) is 19.6 Å². The fraction of sp³-hybridized carbons (Fsp3) is 0.333. The molecule has 0 radical (unpaired) electrons. The number of ether oxygens (including phenoxy) is 2. The Morgan fingerprint density at radius 3 is 2.65 bits per heavy atom. The SMILES string of the molecule is CCOc1cc(/C=C2\SC(=O)N(CC(=O)N3CCCCC3)C2=O)cc(I)c1OCc1ccccc1C#N. The monoisotopic (exact) mass is 631 g/mol. The summed E-state index contributed by atoms with van der Waals surface area (Å²) in [5, 5.41) is 8.89. The van der Waals surface area contributed by atoms with Crippen molar-refractivity contribution in [3.8, 4) is 17.6 Å². The number of piperidine rings is 1. The van der Waals surface area contributed by atoms with Crippen LogP contribution in [0.1, 0.15) is 42.9 Å². The molecule has 0 N–H and O–H groups in total. The Morgan fingerprint density at radius 2 is 1.92 bits per heavy atom.